The lowest BCUT2D eigenvalue weighted by Gasteiger charge is -1.94. The van der Waals surface area contributed by atoms with E-state index in [1.165, 1.54) is 6.42 Å². The molecule has 4 N–H and O–H groups in total. The molecule has 0 atom stereocenters. The molecule has 0 aliphatic heterocycles. The van der Waals surface area contributed by atoms with Crippen LogP contribution in [0.2, 0.25) is 0 Å². The van der Waals surface area contributed by atoms with E-state index in [0.29, 0.717) is 0 Å². The molecule has 0 rings (SSSR count). The summed E-state index contributed by atoms with van der Waals surface area (Å²) in [5.41, 5.74) is 10.5. The SMILES string of the molecule is F[B-](F)(F)F.NCCCCCN. The van der Waals surface area contributed by atoms with Crippen LogP contribution in [0.3, 0.4) is 0 Å². The molecular formula is C5H14BF4N2-. The van der Waals surface area contributed by atoms with Crippen LogP contribution in [0, 0.1) is 0 Å². The fraction of sp³-hybridized carbons (Fsp3) is 1.00. The summed E-state index contributed by atoms with van der Waals surface area (Å²) in [5.74, 6) is 0. The van der Waals surface area contributed by atoms with Gasteiger partial charge in [-0.05, 0) is 25.9 Å². The topological polar surface area (TPSA) is 52.0 Å². The Morgan fingerprint density at radius 2 is 1.00 bits per heavy atom. The standard InChI is InChI=1S/C5H14N2.BF4/c6-4-2-1-3-5-7;2-1(3,4)5/h1-7H2;/q;-1. The van der Waals surface area contributed by atoms with E-state index in [9.17, 15) is 17.3 Å². The monoisotopic (exact) mass is 189 g/mol. The molecule has 0 spiro atoms. The summed E-state index contributed by atoms with van der Waals surface area (Å²) in [6.45, 7) is 1.61. The van der Waals surface area contributed by atoms with E-state index in [-0.39, 0.29) is 0 Å². The molecule has 0 amide bonds. The van der Waals surface area contributed by atoms with Crippen LogP contribution < -0.4 is 11.5 Å². The summed E-state index contributed by atoms with van der Waals surface area (Å²) in [7, 11) is -6.00. The predicted octanol–water partition coefficient (Wildman–Crippen LogP) is 1.37. The van der Waals surface area contributed by atoms with Crippen molar-refractivity contribution in [1.29, 1.82) is 0 Å². The van der Waals surface area contributed by atoms with Crippen molar-refractivity contribution in [1.82, 2.24) is 0 Å². The van der Waals surface area contributed by atoms with Gasteiger partial charge >= 0.3 is 7.25 Å². The lowest BCUT2D eigenvalue weighted by molar-refractivity contribution is 0.368. The molecule has 0 aromatic carbocycles. The van der Waals surface area contributed by atoms with Crippen molar-refractivity contribution in [3.05, 3.63) is 0 Å². The van der Waals surface area contributed by atoms with E-state index in [1.807, 2.05) is 0 Å². The van der Waals surface area contributed by atoms with Crippen LogP contribution >= 0.6 is 0 Å². The van der Waals surface area contributed by atoms with Crippen molar-refractivity contribution < 1.29 is 17.3 Å². The van der Waals surface area contributed by atoms with Crippen molar-refractivity contribution in [2.45, 2.75) is 19.3 Å². The van der Waals surface area contributed by atoms with Crippen LogP contribution in [0.4, 0.5) is 17.3 Å². The normalized spacial score (nSPS) is 10.5. The molecule has 0 aromatic rings. The smallest absolute Gasteiger partial charge is 0.418 e. The van der Waals surface area contributed by atoms with Gasteiger partial charge in [-0.15, -0.1) is 0 Å². The molecule has 7 heteroatoms. The minimum absolute atomic E-state index is 0.806. The highest BCUT2D eigenvalue weighted by Crippen LogP contribution is 2.06. The van der Waals surface area contributed by atoms with Gasteiger partial charge in [-0.1, -0.05) is 6.42 Å². The first kappa shape index (κ1) is 14.2. The maximum atomic E-state index is 9.75. The molecule has 0 saturated carbocycles. The second-order valence-electron chi connectivity index (χ2n) is 2.13. The number of unbranched alkanes of at least 4 members (excludes halogenated alkanes) is 2. The Balaban J connectivity index is 0. The zero-order valence-electron chi connectivity index (χ0n) is 6.78. The second kappa shape index (κ2) is 8.80. The van der Waals surface area contributed by atoms with Crippen LogP contribution in [0.25, 0.3) is 0 Å². The molecule has 0 fully saturated rings. The largest absolute Gasteiger partial charge is 0.673 e. The Morgan fingerprint density at radius 1 is 0.750 bits per heavy atom. The van der Waals surface area contributed by atoms with Gasteiger partial charge < -0.3 is 28.7 Å². The van der Waals surface area contributed by atoms with Crippen molar-refractivity contribution in [2.24, 2.45) is 11.5 Å². The van der Waals surface area contributed by atoms with Gasteiger partial charge in [0.2, 0.25) is 0 Å². The molecule has 0 unspecified atom stereocenters. The first-order chi connectivity index (χ1) is 5.41. The summed E-state index contributed by atoms with van der Waals surface area (Å²) < 4.78 is 39.0. The third kappa shape index (κ3) is 53.6. The van der Waals surface area contributed by atoms with E-state index >= 15 is 0 Å². The summed E-state index contributed by atoms with van der Waals surface area (Å²) in [5, 5.41) is 0. The van der Waals surface area contributed by atoms with Crippen molar-refractivity contribution in [2.75, 3.05) is 13.1 Å². The third-order valence-corrected chi connectivity index (χ3v) is 0.908. The fourth-order valence-electron chi connectivity index (χ4n) is 0.465. The Kier molecular flexibility index (Phi) is 10.4. The number of rotatable bonds is 4. The van der Waals surface area contributed by atoms with E-state index < -0.39 is 7.25 Å². The molecule has 0 aliphatic carbocycles. The summed E-state index contributed by atoms with van der Waals surface area (Å²) in [6.07, 6.45) is 3.43. The van der Waals surface area contributed by atoms with Gasteiger partial charge in [0.25, 0.3) is 0 Å². The minimum Gasteiger partial charge on any atom is -0.418 e. The number of hydrogen-bond acceptors (Lipinski definition) is 2. The molecule has 76 valence electrons. The minimum atomic E-state index is -6.00. The zero-order valence-corrected chi connectivity index (χ0v) is 6.78. The van der Waals surface area contributed by atoms with E-state index in [1.54, 1.807) is 0 Å². The maximum absolute atomic E-state index is 9.75. The number of halogens is 4. The molecule has 0 radical (unpaired) electrons. The van der Waals surface area contributed by atoms with Crippen LogP contribution in [-0.4, -0.2) is 20.3 Å². The maximum Gasteiger partial charge on any atom is 0.673 e. The molecule has 0 aromatic heterocycles. The van der Waals surface area contributed by atoms with Crippen molar-refractivity contribution in [3.8, 4) is 0 Å². The molecule has 12 heavy (non-hydrogen) atoms. The number of nitrogens with two attached hydrogens (primary N) is 2. The summed E-state index contributed by atoms with van der Waals surface area (Å²) in [4.78, 5) is 0. The summed E-state index contributed by atoms with van der Waals surface area (Å²) >= 11 is 0. The first-order valence-corrected chi connectivity index (χ1v) is 3.69. The Labute approximate surface area is 69.4 Å². The quantitative estimate of drug-likeness (QED) is 0.398. The van der Waals surface area contributed by atoms with Crippen LogP contribution in [0.15, 0.2) is 0 Å². The highest BCUT2D eigenvalue weighted by Gasteiger charge is 2.20. The van der Waals surface area contributed by atoms with Crippen LogP contribution in [0.5, 0.6) is 0 Å². The lowest BCUT2D eigenvalue weighted by atomic mass is 10.2. The van der Waals surface area contributed by atoms with Gasteiger partial charge in [0.15, 0.2) is 0 Å². The van der Waals surface area contributed by atoms with Crippen molar-refractivity contribution in [3.63, 3.8) is 0 Å². The lowest BCUT2D eigenvalue weighted by Crippen LogP contribution is -2.02. The highest BCUT2D eigenvalue weighted by molar-refractivity contribution is 6.50. The molecule has 0 bridgehead atoms. The Morgan fingerprint density at radius 3 is 1.17 bits per heavy atom. The third-order valence-electron chi connectivity index (χ3n) is 0.908. The Bertz CT molecular complexity index is 78.0. The van der Waals surface area contributed by atoms with E-state index in [0.717, 1.165) is 25.9 Å². The molecule has 0 saturated heterocycles. The van der Waals surface area contributed by atoms with Gasteiger partial charge in [-0.3, -0.25) is 0 Å². The fourth-order valence-corrected chi connectivity index (χ4v) is 0.465. The van der Waals surface area contributed by atoms with Crippen molar-refractivity contribution >= 4 is 7.25 Å². The van der Waals surface area contributed by atoms with E-state index in [4.69, 9.17) is 11.5 Å². The van der Waals surface area contributed by atoms with Gasteiger partial charge in [-0.2, -0.15) is 0 Å². The average Bonchev–Trinajstić information content (AvgIpc) is 1.85. The number of hydrogen-bond donors (Lipinski definition) is 2. The van der Waals surface area contributed by atoms with Gasteiger partial charge in [0.1, 0.15) is 0 Å². The van der Waals surface area contributed by atoms with Crippen LogP contribution in [-0.2, 0) is 0 Å². The van der Waals surface area contributed by atoms with E-state index in [2.05, 4.69) is 0 Å². The van der Waals surface area contributed by atoms with Crippen LogP contribution in [0.1, 0.15) is 19.3 Å². The summed E-state index contributed by atoms with van der Waals surface area (Å²) in [6, 6.07) is 0. The molecular weight excluding hydrogens is 175 g/mol. The molecule has 0 aliphatic rings. The second-order valence-corrected chi connectivity index (χ2v) is 2.13. The Hall–Kier alpha value is -0.295. The zero-order chi connectivity index (χ0) is 10.0. The molecule has 2 nitrogen and oxygen atoms in total. The highest BCUT2D eigenvalue weighted by atomic mass is 19.5. The van der Waals surface area contributed by atoms with Gasteiger partial charge in [0, 0.05) is 0 Å². The molecule has 0 heterocycles. The van der Waals surface area contributed by atoms with Gasteiger partial charge in [-0.25, -0.2) is 0 Å². The average molecular weight is 189 g/mol. The van der Waals surface area contributed by atoms with Gasteiger partial charge in [0.05, 0.1) is 0 Å². The first-order valence-electron chi connectivity index (χ1n) is 3.69. The predicted molar refractivity (Wildman–Crippen MR) is 42.1 cm³/mol.